The maximum absolute atomic E-state index is 4.60. The van der Waals surface area contributed by atoms with Crippen LogP contribution in [0, 0.1) is 6.92 Å². The van der Waals surface area contributed by atoms with Crippen LogP contribution in [0.5, 0.6) is 0 Å². The fourth-order valence-corrected chi connectivity index (χ4v) is 4.38. The zero-order valence-corrected chi connectivity index (χ0v) is 17.6. The molecule has 2 aromatic carbocycles. The maximum atomic E-state index is 4.60. The molecule has 2 heteroatoms. The van der Waals surface area contributed by atoms with Gasteiger partial charge in [-0.15, -0.1) is 0 Å². The lowest BCUT2D eigenvalue weighted by molar-refractivity contribution is 0.701. The fourth-order valence-electron chi connectivity index (χ4n) is 4.38. The van der Waals surface area contributed by atoms with Crippen LogP contribution in [0.15, 0.2) is 85.2 Å². The number of fused-ring (bicyclic) bond motifs is 1. The van der Waals surface area contributed by atoms with Gasteiger partial charge in [-0.3, -0.25) is 9.97 Å². The molecule has 1 aliphatic carbocycles. The predicted molar refractivity (Wildman–Crippen MR) is 125 cm³/mol. The summed E-state index contributed by atoms with van der Waals surface area (Å²) in [5, 5.41) is 0. The van der Waals surface area contributed by atoms with E-state index in [4.69, 9.17) is 0 Å². The van der Waals surface area contributed by atoms with Gasteiger partial charge in [0.2, 0.25) is 0 Å². The van der Waals surface area contributed by atoms with Crippen LogP contribution in [-0.4, -0.2) is 9.97 Å². The van der Waals surface area contributed by atoms with E-state index in [0.29, 0.717) is 0 Å². The second kappa shape index (κ2) is 7.07. The molecule has 0 spiro atoms. The van der Waals surface area contributed by atoms with Crippen molar-refractivity contribution in [1.82, 2.24) is 9.97 Å². The molecule has 1 aliphatic rings. The molecule has 0 atom stereocenters. The maximum Gasteiger partial charge on any atom is 0.0704 e. The van der Waals surface area contributed by atoms with E-state index < -0.39 is 0 Å². The van der Waals surface area contributed by atoms with Gasteiger partial charge in [-0.05, 0) is 82.8 Å². The molecule has 0 radical (unpaired) electrons. The minimum Gasteiger partial charge on any atom is -0.257 e. The third kappa shape index (κ3) is 3.15. The normalized spacial score (nSPS) is 14.3. The van der Waals surface area contributed by atoms with Crippen LogP contribution in [0.3, 0.4) is 0 Å². The number of pyridine rings is 2. The number of aryl methyl sites for hydroxylation is 1. The highest BCUT2D eigenvalue weighted by atomic mass is 14.7. The largest absolute Gasteiger partial charge is 0.257 e. The minimum atomic E-state index is -0.0600. The zero-order valence-electron chi connectivity index (χ0n) is 17.6. The average Bonchev–Trinajstić information content (AvgIpc) is 3.04. The number of allylic oxidation sites excluding steroid dienone is 1. The molecule has 0 saturated heterocycles. The molecule has 0 amide bonds. The monoisotopic (exact) mass is 388 g/mol. The molecule has 0 aliphatic heterocycles. The van der Waals surface area contributed by atoms with Crippen molar-refractivity contribution >= 4 is 11.6 Å². The van der Waals surface area contributed by atoms with Gasteiger partial charge in [-0.25, -0.2) is 0 Å². The number of hydrogen-bond acceptors (Lipinski definition) is 2. The number of rotatable bonds is 3. The van der Waals surface area contributed by atoms with Crippen molar-refractivity contribution in [2.45, 2.75) is 26.2 Å². The van der Waals surface area contributed by atoms with Crippen molar-refractivity contribution in [3.05, 3.63) is 108 Å². The Labute approximate surface area is 178 Å². The van der Waals surface area contributed by atoms with Crippen LogP contribution < -0.4 is 0 Å². The van der Waals surface area contributed by atoms with E-state index in [0.717, 1.165) is 17.0 Å². The fraction of sp³-hybridized carbons (Fsp3) is 0.143. The van der Waals surface area contributed by atoms with Crippen LogP contribution in [0.25, 0.3) is 34.0 Å². The molecular weight excluding hydrogens is 364 g/mol. The van der Waals surface area contributed by atoms with Crippen molar-refractivity contribution in [1.29, 1.82) is 0 Å². The van der Waals surface area contributed by atoms with Gasteiger partial charge in [0.15, 0.2) is 0 Å². The topological polar surface area (TPSA) is 25.8 Å². The van der Waals surface area contributed by atoms with Crippen molar-refractivity contribution in [2.24, 2.45) is 0 Å². The molecule has 0 fully saturated rings. The number of hydrogen-bond donors (Lipinski definition) is 0. The van der Waals surface area contributed by atoms with Crippen molar-refractivity contribution in [2.75, 3.05) is 0 Å². The first-order valence-corrected chi connectivity index (χ1v) is 10.3. The summed E-state index contributed by atoms with van der Waals surface area (Å²) in [5.41, 5.74) is 10.7. The summed E-state index contributed by atoms with van der Waals surface area (Å²) < 4.78 is 0. The van der Waals surface area contributed by atoms with Crippen LogP contribution in [0.2, 0.25) is 0 Å². The van der Waals surface area contributed by atoms with Gasteiger partial charge in [-0.2, -0.15) is 0 Å². The first-order valence-electron chi connectivity index (χ1n) is 10.3. The Morgan fingerprint density at radius 2 is 1.47 bits per heavy atom. The van der Waals surface area contributed by atoms with Gasteiger partial charge < -0.3 is 0 Å². The van der Waals surface area contributed by atoms with Crippen LogP contribution in [0.4, 0.5) is 0 Å². The highest BCUT2D eigenvalue weighted by molar-refractivity contribution is 5.94. The lowest BCUT2D eigenvalue weighted by Gasteiger charge is -2.24. The molecular formula is C28H24N2. The van der Waals surface area contributed by atoms with Crippen LogP contribution in [-0.2, 0) is 5.41 Å². The van der Waals surface area contributed by atoms with E-state index in [1.165, 1.54) is 33.4 Å². The van der Waals surface area contributed by atoms with Crippen molar-refractivity contribution in [3.8, 4) is 22.4 Å². The Kier molecular flexibility index (Phi) is 4.36. The molecule has 5 rings (SSSR count). The first kappa shape index (κ1) is 18.5. The summed E-state index contributed by atoms with van der Waals surface area (Å²) in [7, 11) is 0. The van der Waals surface area contributed by atoms with E-state index in [2.05, 4.69) is 97.5 Å². The quantitative estimate of drug-likeness (QED) is 0.379. The Morgan fingerprint density at radius 1 is 0.667 bits per heavy atom. The summed E-state index contributed by atoms with van der Waals surface area (Å²) in [6, 6.07) is 25.7. The van der Waals surface area contributed by atoms with Crippen LogP contribution >= 0.6 is 0 Å². The molecule has 2 aromatic heterocycles. The molecule has 30 heavy (non-hydrogen) atoms. The highest BCUT2D eigenvalue weighted by Gasteiger charge is 2.34. The van der Waals surface area contributed by atoms with Gasteiger partial charge in [0.25, 0.3) is 0 Å². The van der Waals surface area contributed by atoms with E-state index in [1.54, 1.807) is 0 Å². The van der Waals surface area contributed by atoms with Gasteiger partial charge in [0.1, 0.15) is 0 Å². The lowest BCUT2D eigenvalue weighted by atomic mass is 9.79. The van der Waals surface area contributed by atoms with Gasteiger partial charge in [0.05, 0.1) is 11.4 Å². The Bertz CT molecular complexity index is 1270. The highest BCUT2D eigenvalue weighted by Crippen LogP contribution is 2.46. The Balaban J connectivity index is 1.57. The van der Waals surface area contributed by atoms with Gasteiger partial charge >= 0.3 is 0 Å². The van der Waals surface area contributed by atoms with Crippen molar-refractivity contribution in [3.63, 3.8) is 0 Å². The number of benzene rings is 2. The van der Waals surface area contributed by atoms with Gasteiger partial charge in [0, 0.05) is 23.4 Å². The molecule has 2 nitrogen and oxygen atoms in total. The molecule has 146 valence electrons. The average molecular weight is 389 g/mol. The zero-order chi connectivity index (χ0) is 20.7. The summed E-state index contributed by atoms with van der Waals surface area (Å²) in [4.78, 5) is 9.15. The second-order valence-electron chi connectivity index (χ2n) is 8.50. The smallest absolute Gasteiger partial charge is 0.0704 e. The lowest BCUT2D eigenvalue weighted by Crippen LogP contribution is -2.16. The van der Waals surface area contributed by atoms with E-state index in [-0.39, 0.29) is 5.41 Å². The van der Waals surface area contributed by atoms with E-state index in [9.17, 15) is 0 Å². The molecule has 4 aromatic rings. The second-order valence-corrected chi connectivity index (χ2v) is 8.50. The SMILES string of the molecule is Cc1ccnc(-c2cccc(-c3ccc4c(c3)C=C(c3ccccn3)C4(C)C)c2)c1. The van der Waals surface area contributed by atoms with E-state index in [1.807, 2.05) is 24.5 Å². The van der Waals surface area contributed by atoms with Crippen LogP contribution in [0.1, 0.15) is 36.2 Å². The summed E-state index contributed by atoms with van der Waals surface area (Å²) in [6.07, 6.45) is 6.04. The third-order valence-corrected chi connectivity index (χ3v) is 6.05. The molecule has 2 heterocycles. The Morgan fingerprint density at radius 3 is 2.27 bits per heavy atom. The van der Waals surface area contributed by atoms with E-state index >= 15 is 0 Å². The molecule has 0 bridgehead atoms. The summed E-state index contributed by atoms with van der Waals surface area (Å²) in [5.74, 6) is 0. The molecule has 0 unspecified atom stereocenters. The number of nitrogens with zero attached hydrogens (tertiary/aromatic N) is 2. The standard InChI is InChI=1S/C28H24N2/c1-19-12-14-30-27(15-19)22-8-6-7-20(16-22)21-10-11-24-23(17-21)18-25(28(24,2)3)26-9-4-5-13-29-26/h4-18H,1-3H3. The third-order valence-electron chi connectivity index (χ3n) is 6.05. The van der Waals surface area contributed by atoms with Crippen molar-refractivity contribution < 1.29 is 0 Å². The molecule has 0 saturated carbocycles. The molecule has 0 N–H and O–H groups in total. The first-order chi connectivity index (χ1) is 14.5. The van der Waals surface area contributed by atoms with Gasteiger partial charge in [-0.1, -0.05) is 50.2 Å². The number of aromatic nitrogens is 2. The minimum absolute atomic E-state index is 0.0600. The summed E-state index contributed by atoms with van der Waals surface area (Å²) >= 11 is 0. The Hall–Kier alpha value is -3.52. The summed E-state index contributed by atoms with van der Waals surface area (Å²) in [6.45, 7) is 6.66. The predicted octanol–water partition coefficient (Wildman–Crippen LogP) is 6.95.